The van der Waals surface area contributed by atoms with Crippen molar-refractivity contribution in [3.63, 3.8) is 0 Å². The molecule has 0 aliphatic heterocycles. The number of hydrogen-bond acceptors (Lipinski definition) is 8. The average molecular weight is 513 g/mol. The van der Waals surface area contributed by atoms with Gasteiger partial charge in [0.05, 0.1) is 28.1 Å². The Kier molecular flexibility index (Phi) is 6.88. The van der Waals surface area contributed by atoms with Crippen molar-refractivity contribution in [1.82, 2.24) is 24.7 Å². The Bertz CT molecular complexity index is 1360. The Balaban J connectivity index is 2.07. The van der Waals surface area contributed by atoms with Crippen LogP contribution in [-0.2, 0) is 27.8 Å². The van der Waals surface area contributed by atoms with Gasteiger partial charge >= 0.3 is 12.3 Å². The van der Waals surface area contributed by atoms with E-state index in [1.54, 1.807) is 20.8 Å². The Labute approximate surface area is 199 Å². The zero-order valence-corrected chi connectivity index (χ0v) is 20.3. The minimum absolute atomic E-state index is 0.0185. The molecule has 1 N–H and O–H groups in total. The van der Waals surface area contributed by atoms with Gasteiger partial charge in [0.15, 0.2) is 21.5 Å². The molecule has 0 aliphatic rings. The maximum Gasteiger partial charge on any atom is 0.416 e. The highest BCUT2D eigenvalue weighted by Gasteiger charge is 2.32. The van der Waals surface area contributed by atoms with Gasteiger partial charge < -0.3 is 9.30 Å². The fraction of sp³-hybridized carbons (Fsp3) is 0.381. The maximum atomic E-state index is 13.1. The summed E-state index contributed by atoms with van der Waals surface area (Å²) in [6.07, 6.45) is -3.18. The van der Waals surface area contributed by atoms with Crippen molar-refractivity contribution in [1.29, 1.82) is 0 Å². The molecule has 188 valence electrons. The highest BCUT2D eigenvalue weighted by atomic mass is 32.2. The summed E-state index contributed by atoms with van der Waals surface area (Å²) in [5.41, 5.74) is -1.82. The van der Waals surface area contributed by atoms with Crippen LogP contribution in [0, 0.1) is 0 Å². The number of ether oxygens (including phenoxy) is 1. The molecule has 3 rings (SSSR count). The van der Waals surface area contributed by atoms with E-state index in [2.05, 4.69) is 25.5 Å². The monoisotopic (exact) mass is 512 g/mol. The van der Waals surface area contributed by atoms with Crippen LogP contribution in [-0.4, -0.2) is 50.6 Å². The number of hydrogen-bond donors (Lipinski definition) is 1. The van der Waals surface area contributed by atoms with Crippen LogP contribution in [0.1, 0.15) is 33.3 Å². The molecule has 0 saturated heterocycles. The van der Waals surface area contributed by atoms with E-state index in [0.29, 0.717) is 0 Å². The first-order valence-electron chi connectivity index (χ1n) is 10.3. The number of alkyl halides is 3. The van der Waals surface area contributed by atoms with Gasteiger partial charge in [-0.25, -0.2) is 18.2 Å². The van der Waals surface area contributed by atoms with Gasteiger partial charge in [-0.15, -0.1) is 10.2 Å². The van der Waals surface area contributed by atoms with Crippen molar-refractivity contribution in [3.8, 4) is 23.0 Å². The first-order chi connectivity index (χ1) is 16.1. The number of aromatic nitrogens is 5. The summed E-state index contributed by atoms with van der Waals surface area (Å²) in [4.78, 5) is 20.0. The molecule has 0 atom stereocenters. The van der Waals surface area contributed by atoms with Crippen LogP contribution in [0.4, 0.5) is 23.7 Å². The van der Waals surface area contributed by atoms with Crippen molar-refractivity contribution in [3.05, 3.63) is 36.2 Å². The third kappa shape index (κ3) is 5.93. The van der Waals surface area contributed by atoms with Crippen LogP contribution in [0.2, 0.25) is 0 Å². The van der Waals surface area contributed by atoms with E-state index in [-0.39, 0.29) is 39.4 Å². The van der Waals surface area contributed by atoms with E-state index >= 15 is 0 Å². The van der Waals surface area contributed by atoms with Gasteiger partial charge in [0.25, 0.3) is 0 Å². The second kappa shape index (κ2) is 9.24. The summed E-state index contributed by atoms with van der Waals surface area (Å²) in [5, 5.41) is 10.3. The number of nitrogens with one attached hydrogen (secondary N) is 1. The van der Waals surface area contributed by atoms with E-state index in [1.165, 1.54) is 30.8 Å². The fourth-order valence-corrected chi connectivity index (χ4v) is 4.04. The number of carbonyl (C=O) groups excluding carboxylic acids is 1. The molecule has 0 saturated carbocycles. The van der Waals surface area contributed by atoms with E-state index in [1.807, 2.05) is 0 Å². The topological polar surface area (TPSA) is 129 Å². The van der Waals surface area contributed by atoms with Gasteiger partial charge in [0, 0.05) is 13.2 Å². The number of sulfone groups is 1. The molecule has 0 unspecified atom stereocenters. The average Bonchev–Trinajstić information content (AvgIpc) is 3.13. The van der Waals surface area contributed by atoms with E-state index in [9.17, 15) is 26.4 Å². The first kappa shape index (κ1) is 26.1. The van der Waals surface area contributed by atoms with Crippen molar-refractivity contribution >= 4 is 21.6 Å². The van der Waals surface area contributed by atoms with Crippen LogP contribution >= 0.6 is 0 Å². The van der Waals surface area contributed by atoms with Gasteiger partial charge in [-0.05, 0) is 39.0 Å². The third-order valence-corrected chi connectivity index (χ3v) is 6.36. The Hall–Kier alpha value is -3.55. The number of anilines is 1. The Morgan fingerprint density at radius 2 is 1.77 bits per heavy atom. The maximum absolute atomic E-state index is 13.1. The molecule has 3 aromatic heterocycles. The summed E-state index contributed by atoms with van der Waals surface area (Å²) >= 11 is 0. The fourth-order valence-electron chi connectivity index (χ4n) is 2.98. The highest BCUT2D eigenvalue weighted by molar-refractivity contribution is 7.91. The smallest absolute Gasteiger partial charge is 0.416 e. The second-order valence-corrected chi connectivity index (χ2v) is 10.7. The van der Waals surface area contributed by atoms with Gasteiger partial charge in [-0.2, -0.15) is 13.2 Å². The van der Waals surface area contributed by atoms with Gasteiger partial charge in [0.1, 0.15) is 17.0 Å². The Morgan fingerprint density at radius 3 is 2.37 bits per heavy atom. The van der Waals surface area contributed by atoms with Crippen molar-refractivity contribution < 1.29 is 31.1 Å². The summed E-state index contributed by atoms with van der Waals surface area (Å²) < 4.78 is 71.4. The van der Waals surface area contributed by atoms with Crippen LogP contribution in [0.5, 0.6) is 0 Å². The molecule has 0 bridgehead atoms. The van der Waals surface area contributed by atoms with Gasteiger partial charge in [-0.1, -0.05) is 6.92 Å². The second-order valence-electron chi connectivity index (χ2n) is 8.43. The molecule has 10 nitrogen and oxygen atoms in total. The SMILES string of the molecule is CCS(=O)(=O)c1cc(NC(=O)OC(C)(C)C)cnc1-c1nnc(-c2cc(C(F)(F)F)ccn2)n1C. The molecule has 3 heterocycles. The van der Waals surface area contributed by atoms with Gasteiger partial charge in [0.2, 0.25) is 0 Å². The Morgan fingerprint density at radius 1 is 1.11 bits per heavy atom. The quantitative estimate of drug-likeness (QED) is 0.541. The number of halogens is 3. The molecular weight excluding hydrogens is 489 g/mol. The molecule has 0 fully saturated rings. The van der Waals surface area contributed by atoms with E-state index < -0.39 is 33.3 Å². The largest absolute Gasteiger partial charge is 0.444 e. The third-order valence-electron chi connectivity index (χ3n) is 4.62. The summed E-state index contributed by atoms with van der Waals surface area (Å²) in [6.45, 7) is 6.45. The van der Waals surface area contributed by atoms with E-state index in [4.69, 9.17) is 4.74 Å². The van der Waals surface area contributed by atoms with Crippen molar-refractivity contribution in [2.75, 3.05) is 11.1 Å². The minimum atomic E-state index is -4.58. The molecular formula is C21H23F3N6O4S. The molecule has 3 aromatic rings. The lowest BCUT2D eigenvalue weighted by Gasteiger charge is -2.20. The summed E-state index contributed by atoms with van der Waals surface area (Å²) in [5.74, 6) is -0.323. The predicted octanol–water partition coefficient (Wildman–Crippen LogP) is 4.10. The highest BCUT2D eigenvalue weighted by Crippen LogP contribution is 2.32. The molecule has 0 aromatic carbocycles. The van der Waals surface area contributed by atoms with Gasteiger partial charge in [-0.3, -0.25) is 10.3 Å². The van der Waals surface area contributed by atoms with Crippen LogP contribution < -0.4 is 5.32 Å². The normalized spacial score (nSPS) is 12.5. The molecule has 0 spiro atoms. The summed E-state index contributed by atoms with van der Waals surface area (Å²) in [7, 11) is -2.42. The van der Waals surface area contributed by atoms with Crippen molar-refractivity contribution in [2.24, 2.45) is 7.05 Å². The van der Waals surface area contributed by atoms with E-state index in [0.717, 1.165) is 18.3 Å². The molecule has 0 radical (unpaired) electrons. The summed E-state index contributed by atoms with van der Waals surface area (Å²) in [6, 6.07) is 2.85. The predicted molar refractivity (Wildman–Crippen MR) is 120 cm³/mol. The van der Waals surface area contributed by atoms with Crippen molar-refractivity contribution in [2.45, 2.75) is 44.4 Å². The number of nitrogens with zero attached hydrogens (tertiary/aromatic N) is 5. The lowest BCUT2D eigenvalue weighted by Crippen LogP contribution is -2.27. The van der Waals surface area contributed by atoms with Crippen LogP contribution in [0.25, 0.3) is 23.0 Å². The molecule has 0 aliphatic carbocycles. The minimum Gasteiger partial charge on any atom is -0.444 e. The number of rotatable bonds is 5. The lowest BCUT2D eigenvalue weighted by atomic mass is 10.2. The molecule has 14 heteroatoms. The zero-order valence-electron chi connectivity index (χ0n) is 19.5. The van der Waals surface area contributed by atoms with Crippen LogP contribution in [0.3, 0.4) is 0 Å². The zero-order chi connectivity index (χ0) is 26.2. The lowest BCUT2D eigenvalue weighted by molar-refractivity contribution is -0.137. The first-order valence-corrected chi connectivity index (χ1v) is 11.9. The van der Waals surface area contributed by atoms with Crippen LogP contribution in [0.15, 0.2) is 35.5 Å². The standard InChI is InChI=1S/C21H23F3N6O4S/c1-6-35(32,33)15-10-13(27-19(31)34-20(2,3)4)11-26-16(15)18-29-28-17(30(18)5)14-9-12(7-8-25-14)21(22,23)24/h7-11H,6H2,1-5H3,(H,27,31). The molecule has 1 amide bonds. The number of amides is 1. The molecule has 35 heavy (non-hydrogen) atoms. The number of pyridine rings is 2. The number of carbonyl (C=O) groups is 1.